The maximum Gasteiger partial charge on any atom is 0.181 e. The molecule has 29 heavy (non-hydrogen) atoms. The van der Waals surface area contributed by atoms with E-state index in [1.54, 1.807) is 0 Å². The summed E-state index contributed by atoms with van der Waals surface area (Å²) in [5.74, 6) is 0. The highest BCUT2D eigenvalue weighted by molar-refractivity contribution is 6.67. The molecule has 3 rings (SSSR count). The van der Waals surface area contributed by atoms with Crippen LogP contribution < -0.4 is 0 Å². The lowest BCUT2D eigenvalue weighted by Gasteiger charge is -2.22. The van der Waals surface area contributed by atoms with Crippen molar-refractivity contribution in [2.75, 3.05) is 0 Å². The number of rotatable bonds is 2. The maximum absolute atomic E-state index is 6.56. The Balaban J connectivity index is 2.51. The fourth-order valence-electron chi connectivity index (χ4n) is 2.69. The van der Waals surface area contributed by atoms with E-state index in [0.29, 0.717) is 0 Å². The Bertz CT molecular complexity index is 1130. The van der Waals surface area contributed by atoms with Gasteiger partial charge in [-0.2, -0.15) is 0 Å². The number of alkyl halides is 2. The minimum Gasteiger partial charge on any atom is -0.0898 e. The number of benzene rings is 2. The molecule has 0 spiro atoms. The molecule has 0 aromatic heterocycles. The Labute approximate surface area is 226 Å². The summed E-state index contributed by atoms with van der Waals surface area (Å²) in [6, 6.07) is 2.88. The van der Waals surface area contributed by atoms with Gasteiger partial charge in [0.2, 0.25) is 0 Å². The highest BCUT2D eigenvalue weighted by atomic mass is 35.5. The first-order valence-electron chi connectivity index (χ1n) is 7.17. The lowest BCUT2D eigenvalue weighted by atomic mass is 9.96. The van der Waals surface area contributed by atoms with Crippen molar-refractivity contribution in [3.63, 3.8) is 0 Å². The van der Waals surface area contributed by atoms with Crippen LogP contribution in [0.15, 0.2) is 22.2 Å². The molecule has 0 atom stereocenters. The molecule has 0 radical (unpaired) electrons. The molecule has 0 aliphatic heterocycles. The van der Waals surface area contributed by atoms with Crippen LogP contribution >= 0.6 is 139 Å². The van der Waals surface area contributed by atoms with E-state index in [1.165, 1.54) is 12.1 Å². The van der Waals surface area contributed by atoms with Crippen molar-refractivity contribution in [2.45, 2.75) is 4.33 Å². The fourth-order valence-corrected chi connectivity index (χ4v) is 5.69. The van der Waals surface area contributed by atoms with E-state index in [2.05, 4.69) is 0 Å². The highest BCUT2D eigenvalue weighted by Gasteiger charge is 2.46. The van der Waals surface area contributed by atoms with Crippen LogP contribution in [0.4, 0.5) is 0 Å². The van der Waals surface area contributed by atoms with Crippen molar-refractivity contribution >= 4 is 150 Å². The molecule has 0 heterocycles. The van der Waals surface area contributed by atoms with Crippen LogP contribution in [0.2, 0.25) is 40.2 Å². The summed E-state index contributed by atoms with van der Waals surface area (Å²) in [6.07, 6.45) is 0. The molecule has 154 valence electrons. The topological polar surface area (TPSA) is 0 Å². The number of hydrogen-bond donors (Lipinski definition) is 0. The molecule has 0 unspecified atom stereocenters. The molecule has 1 aliphatic carbocycles. The van der Waals surface area contributed by atoms with Crippen LogP contribution in [0.25, 0.3) is 11.1 Å². The Kier molecular flexibility index (Phi) is 7.75. The number of hydrogen-bond acceptors (Lipinski definition) is 0. The first kappa shape index (κ1) is 25.0. The van der Waals surface area contributed by atoms with Crippen LogP contribution in [-0.2, 0) is 0 Å². The summed E-state index contributed by atoms with van der Waals surface area (Å²) in [5.41, 5.74) is 0.893. The van der Waals surface area contributed by atoms with Crippen LogP contribution in [0.3, 0.4) is 0 Å². The zero-order chi connectivity index (χ0) is 22.0. The number of halogens is 12. The van der Waals surface area contributed by atoms with E-state index >= 15 is 0 Å². The third-order valence-electron chi connectivity index (χ3n) is 4.00. The van der Waals surface area contributed by atoms with Crippen LogP contribution in [0, 0.1) is 0 Å². The van der Waals surface area contributed by atoms with Crippen molar-refractivity contribution in [3.8, 4) is 0 Å². The Morgan fingerprint density at radius 3 is 1.41 bits per heavy atom. The molecular weight excluding hydrogens is 630 g/mol. The molecule has 0 amide bonds. The molecule has 12 heteroatoms. The molecular formula is C17H2Cl12. The van der Waals surface area contributed by atoms with E-state index < -0.39 is 4.33 Å². The summed E-state index contributed by atoms with van der Waals surface area (Å²) in [6.45, 7) is 0. The molecule has 0 N–H and O–H groups in total. The van der Waals surface area contributed by atoms with Gasteiger partial charge in [0, 0.05) is 22.3 Å². The van der Waals surface area contributed by atoms with Crippen molar-refractivity contribution in [2.24, 2.45) is 0 Å². The van der Waals surface area contributed by atoms with Gasteiger partial charge in [-0.25, -0.2) is 0 Å². The second-order valence-electron chi connectivity index (χ2n) is 5.65. The molecule has 0 saturated heterocycles. The van der Waals surface area contributed by atoms with Gasteiger partial charge in [0.1, 0.15) is 0 Å². The summed E-state index contributed by atoms with van der Waals surface area (Å²) < 4.78 is -1.82. The van der Waals surface area contributed by atoms with Gasteiger partial charge in [0.05, 0.1) is 50.2 Å². The average Bonchev–Trinajstić information content (AvgIpc) is 2.84. The fraction of sp³-hybridized carbons (Fsp3) is 0.0588. The first-order chi connectivity index (χ1) is 13.3. The van der Waals surface area contributed by atoms with Gasteiger partial charge in [-0.3, -0.25) is 0 Å². The smallest absolute Gasteiger partial charge is 0.0898 e. The molecule has 0 bridgehead atoms. The zero-order valence-electron chi connectivity index (χ0n) is 13.2. The predicted octanol–water partition coefficient (Wildman–Crippen LogP) is 11.7. The quantitative estimate of drug-likeness (QED) is 0.176. The third kappa shape index (κ3) is 4.10. The van der Waals surface area contributed by atoms with Crippen molar-refractivity contribution in [3.05, 3.63) is 73.5 Å². The Morgan fingerprint density at radius 1 is 0.517 bits per heavy atom. The Hall–Kier alpha value is 1.40. The van der Waals surface area contributed by atoms with Crippen molar-refractivity contribution < 1.29 is 0 Å². The van der Waals surface area contributed by atoms with Crippen molar-refractivity contribution in [1.82, 2.24) is 0 Å². The first-order valence-corrected chi connectivity index (χ1v) is 11.7. The summed E-state index contributed by atoms with van der Waals surface area (Å²) in [4.78, 5) is 0. The van der Waals surface area contributed by atoms with Gasteiger partial charge in [0.15, 0.2) is 4.33 Å². The van der Waals surface area contributed by atoms with Gasteiger partial charge < -0.3 is 0 Å². The molecule has 2 aromatic rings. The van der Waals surface area contributed by atoms with Gasteiger partial charge in [0.25, 0.3) is 0 Å². The molecule has 0 nitrogen and oxygen atoms in total. The van der Waals surface area contributed by atoms with Crippen LogP contribution in [-0.4, -0.2) is 4.33 Å². The van der Waals surface area contributed by atoms with Crippen LogP contribution in [0.5, 0.6) is 0 Å². The summed E-state index contributed by atoms with van der Waals surface area (Å²) in [7, 11) is 0. The monoisotopic (exact) mass is 626 g/mol. The molecule has 1 aliphatic rings. The standard InChI is InChI=1S/C17H2Cl12/c18-5-1-3(9(20)14(25)11(5)22)7-8(17(28,29)16(27)13(7)24)4-2-6(19)12(23)15(26)10(4)21/h1-2H. The summed E-state index contributed by atoms with van der Waals surface area (Å²) >= 11 is 75.7. The second-order valence-corrected chi connectivity index (χ2v) is 10.8. The average molecular weight is 632 g/mol. The van der Waals surface area contributed by atoms with Gasteiger partial charge in [-0.15, -0.1) is 0 Å². The maximum atomic E-state index is 6.56. The lowest BCUT2D eigenvalue weighted by Crippen LogP contribution is -2.13. The van der Waals surface area contributed by atoms with Gasteiger partial charge in [-0.1, -0.05) is 139 Å². The Morgan fingerprint density at radius 2 is 0.931 bits per heavy atom. The SMILES string of the molecule is ClC1=C(Cl)C(Cl)(Cl)C(c2cc(Cl)c(Cl)c(Cl)c2Cl)=C1c1cc(Cl)c(Cl)c(Cl)c1Cl. The van der Waals surface area contributed by atoms with Crippen LogP contribution in [0.1, 0.15) is 11.1 Å². The van der Waals surface area contributed by atoms with E-state index in [1.807, 2.05) is 0 Å². The molecule has 2 aromatic carbocycles. The minimum atomic E-state index is -1.82. The molecule has 0 saturated carbocycles. The van der Waals surface area contributed by atoms with E-state index in [0.717, 1.165) is 0 Å². The van der Waals surface area contributed by atoms with Gasteiger partial charge in [-0.05, 0) is 12.1 Å². The van der Waals surface area contributed by atoms with Gasteiger partial charge >= 0.3 is 0 Å². The second kappa shape index (κ2) is 8.98. The largest absolute Gasteiger partial charge is 0.181 e. The summed E-state index contributed by atoms with van der Waals surface area (Å²) in [5, 5.41) is 0.303. The van der Waals surface area contributed by atoms with E-state index in [4.69, 9.17) is 139 Å². The van der Waals surface area contributed by atoms with Crippen molar-refractivity contribution in [1.29, 1.82) is 0 Å². The van der Waals surface area contributed by atoms with E-state index in [-0.39, 0.29) is 72.5 Å². The minimum absolute atomic E-state index is 0.00119. The zero-order valence-corrected chi connectivity index (χ0v) is 22.3. The number of allylic oxidation sites excluding steroid dienone is 4. The predicted molar refractivity (Wildman–Crippen MR) is 133 cm³/mol. The van der Waals surface area contributed by atoms with E-state index in [9.17, 15) is 0 Å². The third-order valence-corrected chi connectivity index (χ3v) is 9.40. The normalized spacial score (nSPS) is 16.3. The lowest BCUT2D eigenvalue weighted by molar-refractivity contribution is 1.28. The molecule has 0 fully saturated rings. The highest BCUT2D eigenvalue weighted by Crippen LogP contribution is 2.61.